The second-order valence-corrected chi connectivity index (χ2v) is 13.0. The Balaban J connectivity index is 2.73. The third-order valence-corrected chi connectivity index (χ3v) is 9.82. The molecule has 1 heterocycles. The summed E-state index contributed by atoms with van der Waals surface area (Å²) in [7, 11) is -1.68. The maximum Gasteiger partial charge on any atom is 0.192 e. The van der Waals surface area contributed by atoms with Crippen LogP contribution in [-0.4, -0.2) is 24.7 Å². The zero-order valence-corrected chi connectivity index (χ0v) is 17.4. The topological polar surface area (TPSA) is 27.1 Å². The van der Waals surface area contributed by atoms with Gasteiger partial charge in [0.2, 0.25) is 0 Å². The molecule has 0 bridgehead atoms. The normalized spacial score (nSPS) is 14.7. The van der Waals surface area contributed by atoms with Crippen LogP contribution in [0.1, 0.15) is 39.4 Å². The molecule has 0 spiro atoms. The average Bonchev–Trinajstić information content (AvgIpc) is 2.65. The minimum atomic E-state index is -1.68. The summed E-state index contributed by atoms with van der Waals surface area (Å²) in [5.74, 6) is 0. The van der Waals surface area contributed by atoms with E-state index in [0.29, 0.717) is 0 Å². The van der Waals surface area contributed by atoms with Crippen LogP contribution in [-0.2, 0) is 9.76 Å². The zero-order valence-electron chi connectivity index (χ0n) is 12.6. The van der Waals surface area contributed by atoms with Gasteiger partial charge in [-0.15, -0.1) is 0 Å². The highest BCUT2D eigenvalue weighted by Crippen LogP contribution is 2.37. The van der Waals surface area contributed by atoms with Gasteiger partial charge >= 0.3 is 0 Å². The quantitative estimate of drug-likeness (QED) is 0.354. The van der Waals surface area contributed by atoms with Crippen LogP contribution in [0.4, 0.5) is 0 Å². The lowest BCUT2D eigenvalue weighted by Crippen LogP contribution is -2.42. The van der Waals surface area contributed by atoms with Crippen molar-refractivity contribution in [2.75, 3.05) is 6.61 Å². The Kier molecular flexibility index (Phi) is 6.11. The van der Waals surface area contributed by atoms with Gasteiger partial charge in [0, 0.05) is 5.33 Å². The van der Waals surface area contributed by atoms with Crippen LogP contribution in [0.3, 0.4) is 0 Å². The molecule has 1 aromatic rings. The van der Waals surface area contributed by atoms with Crippen LogP contribution in [0.25, 0.3) is 0 Å². The summed E-state index contributed by atoms with van der Waals surface area (Å²) in [4.78, 5) is 0. The second kappa shape index (κ2) is 6.57. The molecule has 3 nitrogen and oxygen atoms in total. The molecule has 0 saturated heterocycles. The molecule has 110 valence electrons. The summed E-state index contributed by atoms with van der Waals surface area (Å²) < 4.78 is 9.55. The predicted molar refractivity (Wildman–Crippen MR) is 95.4 cm³/mol. The van der Waals surface area contributed by atoms with E-state index in [9.17, 15) is 0 Å². The van der Waals surface area contributed by atoms with Gasteiger partial charge in [0.05, 0.1) is 28.1 Å². The maximum atomic E-state index is 6.28. The zero-order chi connectivity index (χ0) is 14.8. The third kappa shape index (κ3) is 4.28. The Hall–Kier alpha value is 0.597. The summed E-state index contributed by atoms with van der Waals surface area (Å²) in [5.41, 5.74) is 1.23. The lowest BCUT2D eigenvalue weighted by Gasteiger charge is -2.37. The van der Waals surface area contributed by atoms with Gasteiger partial charge in [-0.1, -0.05) is 36.7 Å². The van der Waals surface area contributed by atoms with Crippen molar-refractivity contribution < 1.29 is 4.43 Å². The van der Waals surface area contributed by atoms with Gasteiger partial charge in [0.25, 0.3) is 0 Å². The molecule has 0 unspecified atom stereocenters. The van der Waals surface area contributed by atoms with Gasteiger partial charge < -0.3 is 4.43 Å². The average molecular weight is 459 g/mol. The van der Waals surface area contributed by atoms with Crippen LogP contribution in [0, 0.1) is 3.57 Å². The van der Waals surface area contributed by atoms with Gasteiger partial charge in [-0.05, 0) is 47.6 Å². The summed E-state index contributed by atoms with van der Waals surface area (Å²) in [6, 6.07) is 0.269. The Labute approximate surface area is 139 Å². The molecule has 0 N–H and O–H groups in total. The number of hydrogen-bond donors (Lipinski definition) is 0. The third-order valence-electron chi connectivity index (χ3n) is 3.88. The lowest BCUT2D eigenvalue weighted by molar-refractivity contribution is 0.228. The Bertz CT molecular complexity index is 429. The number of alkyl halides is 1. The van der Waals surface area contributed by atoms with Crippen LogP contribution >= 0.6 is 38.5 Å². The molecule has 0 aliphatic heterocycles. The molecule has 0 fully saturated rings. The Morgan fingerprint density at radius 2 is 2.05 bits per heavy atom. The van der Waals surface area contributed by atoms with Gasteiger partial charge in [0.1, 0.15) is 0 Å². The number of nitrogens with zero attached hydrogens (tertiary/aromatic N) is 2. The molecule has 19 heavy (non-hydrogen) atoms. The fraction of sp³-hybridized carbons (Fsp3) is 0.769. The highest BCUT2D eigenvalue weighted by atomic mass is 127. The van der Waals surface area contributed by atoms with E-state index in [1.54, 1.807) is 0 Å². The van der Waals surface area contributed by atoms with Gasteiger partial charge in [0.15, 0.2) is 8.32 Å². The molecule has 1 rings (SSSR count). The van der Waals surface area contributed by atoms with Crippen molar-refractivity contribution in [1.82, 2.24) is 9.78 Å². The van der Waals surface area contributed by atoms with E-state index >= 15 is 0 Å². The Morgan fingerprint density at radius 3 is 2.53 bits per heavy atom. The Morgan fingerprint density at radius 1 is 1.47 bits per heavy atom. The van der Waals surface area contributed by atoms with E-state index in [1.165, 1.54) is 9.26 Å². The van der Waals surface area contributed by atoms with Crippen molar-refractivity contribution in [3.63, 3.8) is 0 Å². The molecule has 0 aliphatic rings. The molecule has 0 saturated carbocycles. The minimum Gasteiger partial charge on any atom is -0.415 e. The van der Waals surface area contributed by atoms with E-state index in [-0.39, 0.29) is 11.1 Å². The first-order chi connectivity index (χ1) is 8.60. The molecular weight excluding hydrogens is 435 g/mol. The van der Waals surface area contributed by atoms with E-state index in [0.717, 1.165) is 11.9 Å². The fourth-order valence-corrected chi connectivity index (χ4v) is 4.22. The van der Waals surface area contributed by atoms with E-state index in [2.05, 4.69) is 89.1 Å². The molecule has 6 heteroatoms. The van der Waals surface area contributed by atoms with Crippen molar-refractivity contribution >= 4 is 46.8 Å². The van der Waals surface area contributed by atoms with Crippen molar-refractivity contribution in [1.29, 1.82) is 0 Å². The molecule has 1 aromatic heterocycles. The first-order valence-electron chi connectivity index (χ1n) is 6.52. The van der Waals surface area contributed by atoms with Gasteiger partial charge in [-0.3, -0.25) is 4.68 Å². The number of rotatable bonds is 5. The van der Waals surface area contributed by atoms with Crippen LogP contribution < -0.4 is 0 Å². The maximum absolute atomic E-state index is 6.28. The molecular formula is C13H24BrIN2OSi. The largest absolute Gasteiger partial charge is 0.415 e. The fourth-order valence-electron chi connectivity index (χ4n) is 1.49. The summed E-state index contributed by atoms with van der Waals surface area (Å²) in [6.07, 6.45) is 1.92. The molecule has 1 atom stereocenters. The standard InChI is InChI=1S/C13H24BrIN2OSi/c1-10(9-18-19(5,6)13(2,3)4)17-12(7-14)11(15)8-16-17/h8,10H,7,9H2,1-6H3/t10-/m0/s1. The SMILES string of the molecule is C[C@@H](CO[Si](C)(C)C(C)(C)C)n1ncc(I)c1CBr. The smallest absolute Gasteiger partial charge is 0.192 e. The summed E-state index contributed by atoms with van der Waals surface area (Å²) >= 11 is 5.86. The number of aromatic nitrogens is 2. The molecule has 0 amide bonds. The molecule has 0 aromatic carbocycles. The molecule has 0 aliphatic carbocycles. The highest BCUT2D eigenvalue weighted by molar-refractivity contribution is 14.1. The minimum absolute atomic E-state index is 0.253. The van der Waals surface area contributed by atoms with Gasteiger partial charge in [-0.25, -0.2) is 0 Å². The predicted octanol–water partition coefficient (Wildman–Crippen LogP) is 4.97. The van der Waals surface area contributed by atoms with Gasteiger partial charge in [-0.2, -0.15) is 5.10 Å². The van der Waals surface area contributed by atoms with Crippen molar-refractivity contribution in [3.8, 4) is 0 Å². The van der Waals surface area contributed by atoms with Crippen LogP contribution in [0.5, 0.6) is 0 Å². The second-order valence-electron chi connectivity index (χ2n) is 6.44. The first kappa shape index (κ1) is 17.6. The van der Waals surface area contributed by atoms with E-state index in [4.69, 9.17) is 4.43 Å². The van der Waals surface area contributed by atoms with E-state index in [1.807, 2.05) is 6.20 Å². The summed E-state index contributed by atoms with van der Waals surface area (Å²) in [6.45, 7) is 14.3. The lowest BCUT2D eigenvalue weighted by atomic mass is 10.2. The van der Waals surface area contributed by atoms with Crippen LogP contribution in [0.2, 0.25) is 18.1 Å². The van der Waals surface area contributed by atoms with Crippen LogP contribution in [0.15, 0.2) is 6.20 Å². The van der Waals surface area contributed by atoms with Crippen molar-refractivity contribution in [2.24, 2.45) is 0 Å². The van der Waals surface area contributed by atoms with E-state index < -0.39 is 8.32 Å². The number of hydrogen-bond acceptors (Lipinski definition) is 2. The monoisotopic (exact) mass is 458 g/mol. The van der Waals surface area contributed by atoms with Crippen molar-refractivity contribution in [2.45, 2.75) is 57.2 Å². The highest BCUT2D eigenvalue weighted by Gasteiger charge is 2.37. The van der Waals surface area contributed by atoms with Crippen molar-refractivity contribution in [3.05, 3.63) is 15.5 Å². The summed E-state index contributed by atoms with van der Waals surface area (Å²) in [5, 5.41) is 5.55. The number of halogens is 2. The first-order valence-corrected chi connectivity index (χ1v) is 11.6. The molecule has 0 radical (unpaired) electrons.